The van der Waals surface area contributed by atoms with E-state index in [9.17, 15) is 14.0 Å². The van der Waals surface area contributed by atoms with Gasteiger partial charge in [-0.25, -0.2) is 4.39 Å². The molecule has 2 aromatic rings. The van der Waals surface area contributed by atoms with Crippen molar-refractivity contribution in [3.63, 3.8) is 0 Å². The Bertz CT molecular complexity index is 732. The number of anilines is 1. The summed E-state index contributed by atoms with van der Waals surface area (Å²) in [6.45, 7) is 5.15. The van der Waals surface area contributed by atoms with Crippen molar-refractivity contribution in [3.05, 3.63) is 59.9 Å². The van der Waals surface area contributed by atoms with Gasteiger partial charge in [0.2, 0.25) is 11.8 Å². The summed E-state index contributed by atoms with van der Waals surface area (Å²) in [5.41, 5.74) is 1.57. The number of carbonyl (C=O) groups is 2. The first-order valence-electron chi connectivity index (χ1n) is 7.95. The molecule has 0 radical (unpaired) electrons. The zero-order valence-electron chi connectivity index (χ0n) is 14.4. The fraction of sp³-hybridized carbons (Fsp3) is 0.263. The maximum atomic E-state index is 13.0. The lowest BCUT2D eigenvalue weighted by molar-refractivity contribution is -0.121. The zero-order valence-corrected chi connectivity index (χ0v) is 15.2. The maximum absolute atomic E-state index is 13.0. The Morgan fingerprint density at radius 3 is 2.16 bits per heavy atom. The third-order valence-electron chi connectivity index (χ3n) is 3.59. The van der Waals surface area contributed by atoms with Crippen LogP contribution in [-0.2, 0) is 9.59 Å². The van der Waals surface area contributed by atoms with Crippen molar-refractivity contribution in [1.82, 2.24) is 5.32 Å². The Kier molecular flexibility index (Phi) is 6.58. The molecule has 2 rings (SSSR count). The number of benzene rings is 2. The fourth-order valence-corrected chi connectivity index (χ4v) is 3.12. The van der Waals surface area contributed by atoms with Crippen LogP contribution in [0.1, 0.15) is 32.4 Å². The van der Waals surface area contributed by atoms with Gasteiger partial charge in [0, 0.05) is 17.5 Å². The van der Waals surface area contributed by atoms with E-state index in [0.29, 0.717) is 0 Å². The van der Waals surface area contributed by atoms with Gasteiger partial charge in [0.05, 0.1) is 11.3 Å². The van der Waals surface area contributed by atoms with Crippen molar-refractivity contribution in [1.29, 1.82) is 0 Å². The molecule has 2 atom stereocenters. The minimum atomic E-state index is -0.297. The first-order chi connectivity index (χ1) is 11.8. The van der Waals surface area contributed by atoms with Gasteiger partial charge in [0.15, 0.2) is 0 Å². The molecule has 0 spiro atoms. The highest BCUT2D eigenvalue weighted by Crippen LogP contribution is 2.25. The van der Waals surface area contributed by atoms with Gasteiger partial charge in [0.1, 0.15) is 5.82 Å². The maximum Gasteiger partial charge on any atom is 0.233 e. The van der Waals surface area contributed by atoms with Gasteiger partial charge >= 0.3 is 0 Å². The van der Waals surface area contributed by atoms with Gasteiger partial charge in [-0.05, 0) is 55.8 Å². The molecule has 6 heteroatoms. The first kappa shape index (κ1) is 19.0. The third kappa shape index (κ3) is 5.90. The molecule has 0 fully saturated rings. The second-order valence-corrected chi connectivity index (χ2v) is 7.16. The molecule has 25 heavy (non-hydrogen) atoms. The summed E-state index contributed by atoms with van der Waals surface area (Å²) in [4.78, 5) is 24.3. The van der Waals surface area contributed by atoms with E-state index in [1.54, 1.807) is 24.3 Å². The Hall–Kier alpha value is -2.34. The van der Waals surface area contributed by atoms with E-state index in [1.807, 2.05) is 26.0 Å². The molecule has 0 saturated heterocycles. The average molecular weight is 360 g/mol. The Morgan fingerprint density at radius 2 is 1.60 bits per heavy atom. The van der Waals surface area contributed by atoms with Crippen LogP contribution >= 0.6 is 11.8 Å². The number of carbonyl (C=O) groups excluding carboxylic acids is 2. The normalized spacial score (nSPS) is 13.0. The Balaban J connectivity index is 1.91. The molecule has 0 heterocycles. The van der Waals surface area contributed by atoms with Crippen LogP contribution in [0.15, 0.2) is 53.4 Å². The molecule has 2 aromatic carbocycles. The minimum absolute atomic E-state index is 0.0900. The van der Waals surface area contributed by atoms with E-state index in [1.165, 1.54) is 30.8 Å². The molecule has 0 aliphatic rings. The number of hydrogen-bond acceptors (Lipinski definition) is 3. The molecular formula is C19H21FN2O2S. The monoisotopic (exact) mass is 360 g/mol. The molecule has 4 nitrogen and oxygen atoms in total. The molecule has 0 unspecified atom stereocenters. The SMILES string of the molecule is CC(=O)Nc1ccc(S[C@H](C)C(=O)N[C@H](C)c2ccc(F)cc2)cc1. The molecule has 132 valence electrons. The van der Waals surface area contributed by atoms with Crippen LogP contribution in [0.4, 0.5) is 10.1 Å². The fourth-order valence-electron chi connectivity index (χ4n) is 2.24. The number of halogens is 1. The lowest BCUT2D eigenvalue weighted by Crippen LogP contribution is -2.33. The molecule has 2 amide bonds. The van der Waals surface area contributed by atoms with E-state index in [4.69, 9.17) is 0 Å². The molecule has 0 aliphatic heterocycles. The third-order valence-corrected chi connectivity index (χ3v) is 4.70. The molecular weight excluding hydrogens is 339 g/mol. The minimum Gasteiger partial charge on any atom is -0.349 e. The highest BCUT2D eigenvalue weighted by molar-refractivity contribution is 8.00. The molecule has 0 bridgehead atoms. The number of hydrogen-bond donors (Lipinski definition) is 2. The summed E-state index contributed by atoms with van der Waals surface area (Å²) in [6, 6.07) is 13.2. The molecule has 2 N–H and O–H groups in total. The molecule has 0 saturated carbocycles. The predicted octanol–water partition coefficient (Wildman–Crippen LogP) is 4.14. The zero-order chi connectivity index (χ0) is 18.4. The summed E-state index contributed by atoms with van der Waals surface area (Å²) in [7, 11) is 0. The summed E-state index contributed by atoms with van der Waals surface area (Å²) in [5.74, 6) is -0.510. The van der Waals surface area contributed by atoms with Crippen LogP contribution in [0.2, 0.25) is 0 Å². The highest BCUT2D eigenvalue weighted by atomic mass is 32.2. The smallest absolute Gasteiger partial charge is 0.233 e. The van der Waals surface area contributed by atoms with Gasteiger partial charge in [-0.15, -0.1) is 11.8 Å². The van der Waals surface area contributed by atoms with Crippen LogP contribution < -0.4 is 10.6 Å². The van der Waals surface area contributed by atoms with Crippen molar-refractivity contribution in [2.45, 2.75) is 37.0 Å². The lowest BCUT2D eigenvalue weighted by atomic mass is 10.1. The van der Waals surface area contributed by atoms with Gasteiger partial charge < -0.3 is 10.6 Å². The Labute approximate surface area is 151 Å². The number of nitrogens with one attached hydrogen (secondary N) is 2. The molecule has 0 aliphatic carbocycles. The number of thioether (sulfide) groups is 1. The first-order valence-corrected chi connectivity index (χ1v) is 8.83. The summed E-state index contributed by atoms with van der Waals surface area (Å²) in [5, 5.41) is 5.35. The quantitative estimate of drug-likeness (QED) is 0.761. The van der Waals surface area contributed by atoms with Crippen LogP contribution in [0.5, 0.6) is 0 Å². The second kappa shape index (κ2) is 8.67. The molecule has 0 aromatic heterocycles. The second-order valence-electron chi connectivity index (χ2n) is 5.75. The van der Waals surface area contributed by atoms with E-state index >= 15 is 0 Å². The van der Waals surface area contributed by atoms with Gasteiger partial charge in [0.25, 0.3) is 0 Å². The van der Waals surface area contributed by atoms with Gasteiger partial charge in [-0.2, -0.15) is 0 Å². The number of amides is 2. The van der Waals surface area contributed by atoms with E-state index < -0.39 is 0 Å². The summed E-state index contributed by atoms with van der Waals surface area (Å²) < 4.78 is 13.0. The standard InChI is InChI=1S/C19H21FN2O2S/c1-12(15-4-6-16(20)7-5-15)21-19(24)13(2)25-18-10-8-17(9-11-18)22-14(3)23/h4-13H,1-3H3,(H,21,24)(H,22,23)/t12-,13-/m1/s1. The number of rotatable bonds is 6. The predicted molar refractivity (Wildman–Crippen MR) is 99.0 cm³/mol. The van der Waals surface area contributed by atoms with Gasteiger partial charge in [-0.1, -0.05) is 12.1 Å². The Morgan fingerprint density at radius 1 is 1.00 bits per heavy atom. The van der Waals surface area contributed by atoms with Crippen molar-refractivity contribution in [3.8, 4) is 0 Å². The average Bonchev–Trinajstić information content (AvgIpc) is 2.56. The van der Waals surface area contributed by atoms with Gasteiger partial charge in [-0.3, -0.25) is 9.59 Å². The van der Waals surface area contributed by atoms with Crippen LogP contribution in [0.3, 0.4) is 0 Å². The van der Waals surface area contributed by atoms with E-state index in [-0.39, 0.29) is 28.9 Å². The summed E-state index contributed by atoms with van der Waals surface area (Å²) >= 11 is 1.43. The largest absolute Gasteiger partial charge is 0.349 e. The van der Waals surface area contributed by atoms with Crippen molar-refractivity contribution in [2.75, 3.05) is 5.32 Å². The van der Waals surface area contributed by atoms with Crippen molar-refractivity contribution in [2.24, 2.45) is 0 Å². The lowest BCUT2D eigenvalue weighted by Gasteiger charge is -2.18. The van der Waals surface area contributed by atoms with Crippen LogP contribution in [0, 0.1) is 5.82 Å². The van der Waals surface area contributed by atoms with E-state index in [0.717, 1.165) is 16.1 Å². The topological polar surface area (TPSA) is 58.2 Å². The van der Waals surface area contributed by atoms with Crippen LogP contribution in [0.25, 0.3) is 0 Å². The van der Waals surface area contributed by atoms with Crippen molar-refractivity contribution < 1.29 is 14.0 Å². The summed E-state index contributed by atoms with van der Waals surface area (Å²) in [6.07, 6.45) is 0. The van der Waals surface area contributed by atoms with E-state index in [2.05, 4.69) is 10.6 Å². The highest BCUT2D eigenvalue weighted by Gasteiger charge is 2.17. The van der Waals surface area contributed by atoms with Crippen LogP contribution in [-0.4, -0.2) is 17.1 Å². The van der Waals surface area contributed by atoms with Crippen molar-refractivity contribution >= 4 is 29.3 Å².